The van der Waals surface area contributed by atoms with Crippen molar-refractivity contribution >= 4 is 17.4 Å². The standard InChI is InChI=1S/C15H11ClF2O3/c1-20-13-4-3-8(5-14(13)21-2)15(19)9-6-11(17)12(18)7-10(9)16/h3-7H,1-2H3. The normalized spacial score (nSPS) is 10.3. The molecule has 0 aliphatic rings. The van der Waals surface area contributed by atoms with Crippen molar-refractivity contribution in [3.63, 3.8) is 0 Å². The highest BCUT2D eigenvalue weighted by atomic mass is 35.5. The summed E-state index contributed by atoms with van der Waals surface area (Å²) in [6, 6.07) is 6.02. The number of benzene rings is 2. The summed E-state index contributed by atoms with van der Waals surface area (Å²) in [5.74, 6) is -1.99. The van der Waals surface area contributed by atoms with E-state index in [2.05, 4.69) is 0 Å². The van der Waals surface area contributed by atoms with E-state index < -0.39 is 17.4 Å². The van der Waals surface area contributed by atoms with E-state index in [0.717, 1.165) is 12.1 Å². The summed E-state index contributed by atoms with van der Waals surface area (Å²) in [7, 11) is 2.89. The molecule has 2 aromatic carbocycles. The Morgan fingerprint density at radius 2 is 1.62 bits per heavy atom. The zero-order valence-electron chi connectivity index (χ0n) is 11.2. The molecular weight excluding hydrogens is 302 g/mol. The van der Waals surface area contributed by atoms with Gasteiger partial charge in [-0.3, -0.25) is 4.79 Å². The molecule has 0 saturated carbocycles. The largest absolute Gasteiger partial charge is 0.493 e. The highest BCUT2D eigenvalue weighted by Crippen LogP contribution is 2.30. The fourth-order valence-electron chi connectivity index (χ4n) is 1.83. The highest BCUT2D eigenvalue weighted by molar-refractivity contribution is 6.35. The summed E-state index contributed by atoms with van der Waals surface area (Å²) in [6.07, 6.45) is 0. The molecule has 6 heteroatoms. The van der Waals surface area contributed by atoms with E-state index in [4.69, 9.17) is 21.1 Å². The topological polar surface area (TPSA) is 35.5 Å². The van der Waals surface area contributed by atoms with E-state index in [1.807, 2.05) is 0 Å². The van der Waals surface area contributed by atoms with Gasteiger partial charge in [0.1, 0.15) is 0 Å². The van der Waals surface area contributed by atoms with Gasteiger partial charge >= 0.3 is 0 Å². The van der Waals surface area contributed by atoms with Gasteiger partial charge in [-0.2, -0.15) is 0 Å². The van der Waals surface area contributed by atoms with Crippen LogP contribution in [0.1, 0.15) is 15.9 Å². The van der Waals surface area contributed by atoms with Crippen LogP contribution in [0, 0.1) is 11.6 Å². The van der Waals surface area contributed by atoms with Crippen molar-refractivity contribution in [3.05, 3.63) is 58.1 Å². The van der Waals surface area contributed by atoms with E-state index in [1.54, 1.807) is 6.07 Å². The van der Waals surface area contributed by atoms with E-state index in [9.17, 15) is 13.6 Å². The summed E-state index contributed by atoms with van der Waals surface area (Å²) in [5, 5.41) is -0.159. The van der Waals surface area contributed by atoms with Crippen LogP contribution in [0.5, 0.6) is 11.5 Å². The Morgan fingerprint density at radius 1 is 1.00 bits per heavy atom. The van der Waals surface area contributed by atoms with Gasteiger partial charge < -0.3 is 9.47 Å². The van der Waals surface area contributed by atoms with Gasteiger partial charge in [0, 0.05) is 11.1 Å². The van der Waals surface area contributed by atoms with E-state index >= 15 is 0 Å². The lowest BCUT2D eigenvalue weighted by Gasteiger charge is -2.10. The van der Waals surface area contributed by atoms with Crippen LogP contribution in [0.4, 0.5) is 8.78 Å². The van der Waals surface area contributed by atoms with Crippen LogP contribution < -0.4 is 9.47 Å². The molecule has 0 fully saturated rings. The molecule has 2 rings (SSSR count). The maximum absolute atomic E-state index is 13.3. The zero-order valence-corrected chi connectivity index (χ0v) is 12.0. The first kappa shape index (κ1) is 15.3. The van der Waals surface area contributed by atoms with Gasteiger partial charge in [-0.25, -0.2) is 8.78 Å². The fraction of sp³-hybridized carbons (Fsp3) is 0.133. The van der Waals surface area contributed by atoms with Crippen molar-refractivity contribution in [2.24, 2.45) is 0 Å². The van der Waals surface area contributed by atoms with Crippen molar-refractivity contribution in [1.82, 2.24) is 0 Å². The zero-order chi connectivity index (χ0) is 15.6. The van der Waals surface area contributed by atoms with Gasteiger partial charge in [0.2, 0.25) is 0 Å². The Kier molecular flexibility index (Phi) is 4.43. The monoisotopic (exact) mass is 312 g/mol. The Morgan fingerprint density at radius 3 is 2.24 bits per heavy atom. The van der Waals surface area contributed by atoms with Gasteiger partial charge in [-0.1, -0.05) is 11.6 Å². The van der Waals surface area contributed by atoms with Gasteiger partial charge in [-0.15, -0.1) is 0 Å². The molecule has 0 amide bonds. The summed E-state index contributed by atoms with van der Waals surface area (Å²) in [5.41, 5.74) is 0.100. The Hall–Kier alpha value is -2.14. The second-order valence-corrected chi connectivity index (χ2v) is 4.55. The Balaban J connectivity index is 2.47. The molecule has 0 N–H and O–H groups in total. The van der Waals surface area contributed by atoms with Gasteiger partial charge in [0.25, 0.3) is 0 Å². The number of methoxy groups -OCH3 is 2. The molecule has 0 bridgehead atoms. The molecule has 0 spiro atoms. The number of rotatable bonds is 4. The number of carbonyl (C=O) groups excluding carboxylic acids is 1. The Bertz CT molecular complexity index is 702. The lowest BCUT2D eigenvalue weighted by atomic mass is 10.0. The van der Waals surface area contributed by atoms with Crippen LogP contribution in [0.2, 0.25) is 5.02 Å². The first-order chi connectivity index (χ1) is 9.97. The van der Waals surface area contributed by atoms with E-state index in [1.165, 1.54) is 26.4 Å². The molecule has 0 aliphatic carbocycles. The third-order valence-corrected chi connectivity index (χ3v) is 3.21. The first-order valence-electron chi connectivity index (χ1n) is 5.89. The molecule has 21 heavy (non-hydrogen) atoms. The minimum Gasteiger partial charge on any atom is -0.493 e. The van der Waals surface area contributed by atoms with E-state index in [0.29, 0.717) is 11.5 Å². The number of carbonyl (C=O) groups is 1. The molecule has 0 atom stereocenters. The Labute approximate surface area is 125 Å². The third-order valence-electron chi connectivity index (χ3n) is 2.90. The molecule has 0 heterocycles. The van der Waals surface area contributed by atoms with Crippen molar-refractivity contribution in [1.29, 1.82) is 0 Å². The number of ether oxygens (including phenoxy) is 2. The third kappa shape index (κ3) is 2.97. The van der Waals surface area contributed by atoms with E-state index in [-0.39, 0.29) is 16.1 Å². The number of hydrogen-bond donors (Lipinski definition) is 0. The van der Waals surface area contributed by atoms with Crippen molar-refractivity contribution in [2.45, 2.75) is 0 Å². The molecular formula is C15H11ClF2O3. The van der Waals surface area contributed by atoms with Crippen LogP contribution in [0.3, 0.4) is 0 Å². The molecule has 2 aromatic rings. The second kappa shape index (κ2) is 6.10. The van der Waals surface area contributed by atoms with Gasteiger partial charge in [0.15, 0.2) is 28.9 Å². The maximum atomic E-state index is 13.3. The van der Waals surface area contributed by atoms with Gasteiger partial charge in [0.05, 0.1) is 19.2 Å². The molecule has 3 nitrogen and oxygen atoms in total. The van der Waals surface area contributed by atoms with Crippen LogP contribution in [-0.4, -0.2) is 20.0 Å². The van der Waals surface area contributed by atoms with Crippen LogP contribution >= 0.6 is 11.6 Å². The second-order valence-electron chi connectivity index (χ2n) is 4.15. The minimum absolute atomic E-state index is 0.122. The van der Waals surface area contributed by atoms with Crippen molar-refractivity contribution in [2.75, 3.05) is 14.2 Å². The molecule has 0 unspecified atom stereocenters. The SMILES string of the molecule is COc1ccc(C(=O)c2cc(F)c(F)cc2Cl)cc1OC. The van der Waals surface area contributed by atoms with Crippen LogP contribution in [0.15, 0.2) is 30.3 Å². The predicted octanol–water partition coefficient (Wildman–Crippen LogP) is 3.87. The summed E-state index contributed by atoms with van der Waals surface area (Å²) in [6.45, 7) is 0. The maximum Gasteiger partial charge on any atom is 0.194 e. The predicted molar refractivity (Wildman–Crippen MR) is 74.3 cm³/mol. The van der Waals surface area contributed by atoms with Crippen LogP contribution in [-0.2, 0) is 0 Å². The number of halogens is 3. The highest BCUT2D eigenvalue weighted by Gasteiger charge is 2.18. The molecule has 0 aromatic heterocycles. The smallest absolute Gasteiger partial charge is 0.194 e. The number of hydrogen-bond acceptors (Lipinski definition) is 3. The molecule has 0 aliphatic heterocycles. The summed E-state index contributed by atoms with van der Waals surface area (Å²) < 4.78 is 36.5. The molecule has 0 saturated heterocycles. The summed E-state index contributed by atoms with van der Waals surface area (Å²) in [4.78, 5) is 12.3. The van der Waals surface area contributed by atoms with Gasteiger partial charge in [-0.05, 0) is 30.3 Å². The number of ketones is 1. The molecule has 0 radical (unpaired) electrons. The lowest BCUT2D eigenvalue weighted by Crippen LogP contribution is -2.05. The average molecular weight is 313 g/mol. The lowest BCUT2D eigenvalue weighted by molar-refractivity contribution is 0.103. The quantitative estimate of drug-likeness (QED) is 0.635. The average Bonchev–Trinajstić information content (AvgIpc) is 2.49. The minimum atomic E-state index is -1.14. The fourth-order valence-corrected chi connectivity index (χ4v) is 2.07. The molecule has 110 valence electrons. The first-order valence-corrected chi connectivity index (χ1v) is 6.27. The van der Waals surface area contributed by atoms with Crippen LogP contribution in [0.25, 0.3) is 0 Å². The van der Waals surface area contributed by atoms with Crippen molar-refractivity contribution in [3.8, 4) is 11.5 Å². The van der Waals surface area contributed by atoms with Crippen molar-refractivity contribution < 1.29 is 23.0 Å². The summed E-state index contributed by atoms with van der Waals surface area (Å²) >= 11 is 5.80.